The number of aryl methyl sites for hydroxylation is 4. The van der Waals surface area contributed by atoms with Gasteiger partial charge in [0.05, 0.1) is 11.4 Å². The molecule has 2 atom stereocenters. The number of rotatable bonds is 5. The monoisotopic (exact) mass is 480 g/mol. The molecule has 2 fully saturated rings. The van der Waals surface area contributed by atoms with Crippen LogP contribution in [-0.2, 0) is 0 Å². The van der Waals surface area contributed by atoms with Gasteiger partial charge < -0.3 is 0 Å². The fourth-order valence-corrected chi connectivity index (χ4v) is 9.52. The van der Waals surface area contributed by atoms with E-state index in [-0.39, 0.29) is 0 Å². The van der Waals surface area contributed by atoms with Crippen molar-refractivity contribution in [2.75, 3.05) is 0 Å². The summed E-state index contributed by atoms with van der Waals surface area (Å²) in [5.41, 5.74) is 11.4. The van der Waals surface area contributed by atoms with Crippen LogP contribution in [0.15, 0.2) is 76.7 Å². The summed E-state index contributed by atoms with van der Waals surface area (Å²) in [5.74, 6) is 0. The largest absolute Gasteiger partial charge is 0.257 e. The van der Waals surface area contributed by atoms with Crippen LogP contribution in [0.3, 0.4) is 0 Å². The Labute approximate surface area is 212 Å². The normalized spacial score (nSPS) is 23.3. The minimum absolute atomic E-state index is 0.429. The third-order valence-electron chi connectivity index (χ3n) is 7.71. The first-order valence-corrected chi connectivity index (χ1v) is 14.6. The third-order valence-corrected chi connectivity index (χ3v) is 11.1. The molecule has 0 amide bonds. The molecule has 0 aromatic heterocycles. The Morgan fingerprint density at radius 2 is 1.00 bits per heavy atom. The zero-order chi connectivity index (χ0) is 24.4. The van der Waals surface area contributed by atoms with Crippen molar-refractivity contribution in [3.8, 4) is 0 Å². The van der Waals surface area contributed by atoms with E-state index >= 15 is 0 Å². The van der Waals surface area contributed by atoms with Crippen LogP contribution in [-0.4, -0.2) is 22.7 Å². The third kappa shape index (κ3) is 5.05. The zero-order valence-electron chi connectivity index (χ0n) is 21.6. The van der Waals surface area contributed by atoms with Gasteiger partial charge in [-0.2, -0.15) is 0 Å². The second kappa shape index (κ2) is 10.6. The number of benzene rings is 3. The molecule has 3 aromatic rings. The highest BCUT2D eigenvalue weighted by Gasteiger charge is 2.40. The Hall–Kier alpha value is -2.57. The van der Waals surface area contributed by atoms with Crippen LogP contribution in [0.4, 0.5) is 11.4 Å². The molecule has 0 bridgehead atoms. The molecule has 2 aliphatic carbocycles. The first kappa shape index (κ1) is 24.1. The van der Waals surface area contributed by atoms with Crippen molar-refractivity contribution >= 4 is 36.0 Å². The predicted molar refractivity (Wildman–Crippen MR) is 154 cm³/mol. The SMILES string of the molecule is Cc1cccc(C)c1N=C1CCCC1P(c1ccccc1)C1CCCC1=Nc1c(C)cccc1C. The van der Waals surface area contributed by atoms with Crippen molar-refractivity contribution in [2.24, 2.45) is 9.98 Å². The predicted octanol–water partition coefficient (Wildman–Crippen LogP) is 8.68. The summed E-state index contributed by atoms with van der Waals surface area (Å²) in [6.45, 7) is 8.79. The molecule has 0 N–H and O–H groups in total. The van der Waals surface area contributed by atoms with Gasteiger partial charge in [0.2, 0.25) is 0 Å². The zero-order valence-corrected chi connectivity index (χ0v) is 22.5. The molecule has 5 rings (SSSR count). The Morgan fingerprint density at radius 3 is 1.43 bits per heavy atom. The molecular formula is C32H37N2P. The topological polar surface area (TPSA) is 24.7 Å². The average Bonchev–Trinajstić information content (AvgIpc) is 3.50. The van der Waals surface area contributed by atoms with Gasteiger partial charge in [0.1, 0.15) is 0 Å². The highest BCUT2D eigenvalue weighted by Crippen LogP contribution is 2.55. The Balaban J connectivity index is 1.58. The lowest BCUT2D eigenvalue weighted by Crippen LogP contribution is -2.28. The van der Waals surface area contributed by atoms with Crippen molar-refractivity contribution in [1.29, 1.82) is 0 Å². The van der Waals surface area contributed by atoms with Gasteiger partial charge in [-0.1, -0.05) is 74.7 Å². The first-order valence-electron chi connectivity index (χ1n) is 13.1. The van der Waals surface area contributed by atoms with E-state index in [2.05, 4.69) is 94.4 Å². The van der Waals surface area contributed by atoms with E-state index in [1.807, 2.05) is 0 Å². The summed E-state index contributed by atoms with van der Waals surface area (Å²) in [4.78, 5) is 10.8. The number of nitrogens with zero attached hydrogens (tertiary/aromatic N) is 2. The van der Waals surface area contributed by atoms with Gasteiger partial charge in [-0.3, -0.25) is 9.98 Å². The van der Waals surface area contributed by atoms with Crippen LogP contribution < -0.4 is 5.30 Å². The molecule has 0 radical (unpaired) electrons. The smallest absolute Gasteiger partial charge is 0.0687 e. The molecule has 2 aliphatic rings. The standard InChI is InChI=1S/C32H37N2P/c1-22-12-8-13-23(2)31(22)33-27-18-10-20-29(27)35(26-16-6-5-7-17-26)30-21-11-19-28(30)34-32-24(3)14-9-15-25(32)4/h5-9,12-17,29-30H,10-11,18-21H2,1-4H3. The second-order valence-corrected chi connectivity index (χ2v) is 12.8. The lowest BCUT2D eigenvalue weighted by Gasteiger charge is -2.31. The summed E-state index contributed by atoms with van der Waals surface area (Å²) in [6, 6.07) is 24.4. The summed E-state index contributed by atoms with van der Waals surface area (Å²) >= 11 is 0. The van der Waals surface area contributed by atoms with Gasteiger partial charge in [-0.25, -0.2) is 0 Å². The maximum atomic E-state index is 5.39. The second-order valence-electron chi connectivity index (χ2n) is 10.2. The molecule has 0 aliphatic heterocycles. The Morgan fingerprint density at radius 1 is 0.571 bits per heavy atom. The Bertz CT molecular complexity index is 1140. The molecule has 2 saturated carbocycles. The van der Waals surface area contributed by atoms with Crippen molar-refractivity contribution in [2.45, 2.75) is 77.5 Å². The highest BCUT2D eigenvalue weighted by atomic mass is 31.1. The van der Waals surface area contributed by atoms with E-state index in [9.17, 15) is 0 Å². The quantitative estimate of drug-likeness (QED) is 0.326. The number of hydrogen-bond donors (Lipinski definition) is 0. The van der Waals surface area contributed by atoms with Crippen molar-refractivity contribution in [3.63, 3.8) is 0 Å². The molecule has 2 unspecified atom stereocenters. The number of aliphatic imine (C=N–C) groups is 2. The van der Waals surface area contributed by atoms with E-state index in [0.717, 1.165) is 12.8 Å². The van der Waals surface area contributed by atoms with Gasteiger partial charge >= 0.3 is 0 Å². The van der Waals surface area contributed by atoms with Gasteiger partial charge in [0.15, 0.2) is 0 Å². The van der Waals surface area contributed by atoms with Gasteiger partial charge in [0, 0.05) is 22.7 Å². The molecule has 3 aromatic carbocycles. The molecule has 35 heavy (non-hydrogen) atoms. The van der Waals surface area contributed by atoms with Crippen molar-refractivity contribution in [3.05, 3.63) is 89.0 Å². The van der Waals surface area contributed by atoms with E-state index in [4.69, 9.17) is 9.98 Å². The fraction of sp³-hybridized carbons (Fsp3) is 0.375. The molecular weight excluding hydrogens is 443 g/mol. The summed E-state index contributed by atoms with van der Waals surface area (Å²) in [6.07, 6.45) is 7.24. The summed E-state index contributed by atoms with van der Waals surface area (Å²) < 4.78 is 0. The van der Waals surface area contributed by atoms with Crippen LogP contribution in [0.2, 0.25) is 0 Å². The molecule has 0 spiro atoms. The Kier molecular flexibility index (Phi) is 7.30. The van der Waals surface area contributed by atoms with Gasteiger partial charge in [-0.05, 0) is 93.8 Å². The molecule has 2 nitrogen and oxygen atoms in total. The maximum Gasteiger partial charge on any atom is 0.0687 e. The average molecular weight is 481 g/mol. The van der Waals surface area contributed by atoms with Crippen LogP contribution >= 0.6 is 7.92 Å². The molecule has 0 saturated heterocycles. The molecule has 3 heteroatoms. The first-order chi connectivity index (χ1) is 17.0. The van der Waals surface area contributed by atoms with Gasteiger partial charge in [-0.15, -0.1) is 0 Å². The van der Waals surface area contributed by atoms with Crippen molar-refractivity contribution < 1.29 is 0 Å². The lowest BCUT2D eigenvalue weighted by molar-refractivity contribution is 0.866. The maximum absolute atomic E-state index is 5.39. The molecule has 180 valence electrons. The van der Waals surface area contributed by atoms with E-state index in [1.165, 1.54) is 76.0 Å². The van der Waals surface area contributed by atoms with Crippen LogP contribution in [0.5, 0.6) is 0 Å². The van der Waals surface area contributed by atoms with Crippen LogP contribution in [0.25, 0.3) is 0 Å². The fourth-order valence-electron chi connectivity index (χ4n) is 5.91. The number of hydrogen-bond acceptors (Lipinski definition) is 2. The van der Waals surface area contributed by atoms with E-state index in [0.29, 0.717) is 11.3 Å². The summed E-state index contributed by atoms with van der Waals surface area (Å²) in [7, 11) is -0.429. The highest BCUT2D eigenvalue weighted by molar-refractivity contribution is 7.69. The van der Waals surface area contributed by atoms with E-state index in [1.54, 1.807) is 0 Å². The van der Waals surface area contributed by atoms with E-state index < -0.39 is 7.92 Å². The van der Waals surface area contributed by atoms with Crippen LogP contribution in [0, 0.1) is 27.7 Å². The number of para-hydroxylation sites is 2. The molecule has 0 heterocycles. The minimum atomic E-state index is -0.429. The minimum Gasteiger partial charge on any atom is -0.257 e. The lowest BCUT2D eigenvalue weighted by atomic mass is 10.1. The van der Waals surface area contributed by atoms with Crippen molar-refractivity contribution in [1.82, 2.24) is 0 Å². The van der Waals surface area contributed by atoms with Crippen LogP contribution in [0.1, 0.15) is 60.8 Å². The summed E-state index contributed by atoms with van der Waals surface area (Å²) in [5, 5.41) is 1.52. The van der Waals surface area contributed by atoms with Gasteiger partial charge in [0.25, 0.3) is 0 Å².